The predicted octanol–water partition coefficient (Wildman–Crippen LogP) is 2.86. The minimum atomic E-state index is -3.82. The number of amides is 1. The fraction of sp³-hybridized carbons (Fsp3) is 0.188. The lowest BCUT2D eigenvalue weighted by molar-refractivity contribution is 0.0548. The van der Waals surface area contributed by atoms with Crippen LogP contribution in [0.25, 0.3) is 0 Å². The first kappa shape index (κ1) is 19.2. The lowest BCUT2D eigenvalue weighted by Gasteiger charge is -2.34. The quantitative estimate of drug-likeness (QED) is 0.730. The van der Waals surface area contributed by atoms with Gasteiger partial charge in [0.25, 0.3) is 5.91 Å². The Labute approximate surface area is 162 Å². The number of carbonyl (C=O) groups is 1. The molecule has 1 aliphatic heterocycles. The molecule has 0 atom stereocenters. The minimum Gasteiger partial charge on any atom is -0.390 e. The van der Waals surface area contributed by atoms with E-state index in [1.165, 1.54) is 36.4 Å². The van der Waals surface area contributed by atoms with Crippen LogP contribution in [0.15, 0.2) is 45.8 Å². The summed E-state index contributed by atoms with van der Waals surface area (Å²) in [5.74, 6) is -1.11. The average molecular weight is 464 g/mol. The number of halogens is 3. The van der Waals surface area contributed by atoms with E-state index in [1.807, 2.05) is 0 Å². The number of aliphatic hydroxyl groups excluding tert-OH is 1. The van der Waals surface area contributed by atoms with E-state index in [0.29, 0.717) is 5.69 Å². The molecule has 0 aromatic heterocycles. The first-order valence-corrected chi connectivity index (χ1v) is 10.0. The smallest absolute Gasteiger partial charge is 0.257 e. The number of carbonyl (C=O) groups excluding carboxylic acids is 1. The van der Waals surface area contributed by atoms with Crippen molar-refractivity contribution in [3.8, 4) is 0 Å². The molecule has 1 aliphatic rings. The fourth-order valence-electron chi connectivity index (χ4n) is 2.37. The number of nitrogens with one attached hydrogen (secondary N) is 1. The molecule has 10 heteroatoms. The highest BCUT2D eigenvalue weighted by atomic mass is 79.9. The highest BCUT2D eigenvalue weighted by Gasteiger charge is 2.36. The van der Waals surface area contributed by atoms with Gasteiger partial charge in [0.05, 0.1) is 26.1 Å². The number of hydrogen-bond donors (Lipinski definition) is 2. The summed E-state index contributed by atoms with van der Waals surface area (Å²) < 4.78 is 39.5. The highest BCUT2D eigenvalue weighted by molar-refractivity contribution is 9.10. The number of hydrogen-bond acceptors (Lipinski definition) is 4. The van der Waals surface area contributed by atoms with E-state index in [4.69, 9.17) is 11.6 Å². The molecule has 1 fully saturated rings. The Morgan fingerprint density at radius 2 is 1.96 bits per heavy atom. The van der Waals surface area contributed by atoms with Crippen molar-refractivity contribution < 1.29 is 22.7 Å². The van der Waals surface area contributed by atoms with Crippen LogP contribution >= 0.6 is 27.5 Å². The third-order valence-corrected chi connectivity index (χ3v) is 6.59. The van der Waals surface area contributed by atoms with Crippen LogP contribution in [0.2, 0.25) is 5.02 Å². The predicted molar refractivity (Wildman–Crippen MR) is 98.3 cm³/mol. The largest absolute Gasteiger partial charge is 0.390 e. The molecule has 138 valence electrons. The Kier molecular flexibility index (Phi) is 5.36. The normalized spacial score (nSPS) is 15.5. The lowest BCUT2D eigenvalue weighted by Crippen LogP contribution is -2.53. The van der Waals surface area contributed by atoms with Gasteiger partial charge in [-0.05, 0) is 52.3 Å². The number of sulfonamides is 1. The topological polar surface area (TPSA) is 86.7 Å². The summed E-state index contributed by atoms with van der Waals surface area (Å²) in [6.07, 6.45) is -0.684. The van der Waals surface area contributed by atoms with Crippen LogP contribution in [0.1, 0.15) is 10.4 Å². The van der Waals surface area contributed by atoms with Crippen molar-refractivity contribution in [3.05, 3.63) is 57.3 Å². The summed E-state index contributed by atoms with van der Waals surface area (Å²) >= 11 is 9.06. The minimum absolute atomic E-state index is 0.0100. The zero-order valence-corrected chi connectivity index (χ0v) is 16.3. The fourth-order valence-corrected chi connectivity index (χ4v) is 4.50. The molecule has 2 aromatic rings. The van der Waals surface area contributed by atoms with Gasteiger partial charge in [0.15, 0.2) is 0 Å². The van der Waals surface area contributed by atoms with Crippen LogP contribution in [-0.4, -0.2) is 42.9 Å². The van der Waals surface area contributed by atoms with Crippen molar-refractivity contribution in [2.24, 2.45) is 0 Å². The molecule has 6 nitrogen and oxygen atoms in total. The molecule has 3 rings (SSSR count). The summed E-state index contributed by atoms with van der Waals surface area (Å²) in [5, 5.41) is 11.9. The molecule has 0 aliphatic carbocycles. The van der Waals surface area contributed by atoms with Crippen molar-refractivity contribution in [1.82, 2.24) is 4.31 Å². The van der Waals surface area contributed by atoms with Crippen molar-refractivity contribution in [1.29, 1.82) is 0 Å². The van der Waals surface area contributed by atoms with Crippen LogP contribution in [-0.2, 0) is 10.0 Å². The molecule has 26 heavy (non-hydrogen) atoms. The monoisotopic (exact) mass is 462 g/mol. The third kappa shape index (κ3) is 3.77. The van der Waals surface area contributed by atoms with Crippen molar-refractivity contribution in [2.45, 2.75) is 11.0 Å². The van der Waals surface area contributed by atoms with Gasteiger partial charge in [0, 0.05) is 18.8 Å². The van der Waals surface area contributed by atoms with E-state index in [0.717, 1.165) is 4.31 Å². The van der Waals surface area contributed by atoms with Gasteiger partial charge in [-0.1, -0.05) is 11.6 Å². The van der Waals surface area contributed by atoms with Gasteiger partial charge in [0.2, 0.25) is 10.0 Å². The molecule has 1 heterocycles. The number of aliphatic hydroxyl groups is 1. The summed E-state index contributed by atoms with van der Waals surface area (Å²) in [6.45, 7) is 0.0200. The first-order chi connectivity index (χ1) is 12.2. The van der Waals surface area contributed by atoms with Gasteiger partial charge in [-0.25, -0.2) is 12.8 Å². The summed E-state index contributed by atoms with van der Waals surface area (Å²) in [4.78, 5) is 12.4. The summed E-state index contributed by atoms with van der Waals surface area (Å²) in [6, 6.07) is 7.72. The standard InChI is InChI=1S/C16H13BrClFN2O4S/c17-13-5-9(1-4-15(13)19)20-16(23)12-6-11(2-3-14(12)18)26(24,25)21-7-10(22)8-21/h1-6,10,22H,7-8H2,(H,20,23). The van der Waals surface area contributed by atoms with Crippen LogP contribution in [0.5, 0.6) is 0 Å². The van der Waals surface area contributed by atoms with Gasteiger partial charge in [-0.3, -0.25) is 4.79 Å². The van der Waals surface area contributed by atoms with Gasteiger partial charge in [-0.15, -0.1) is 0 Å². The maximum absolute atomic E-state index is 13.3. The maximum atomic E-state index is 13.3. The molecule has 0 saturated carbocycles. The lowest BCUT2D eigenvalue weighted by atomic mass is 10.2. The second kappa shape index (κ2) is 7.24. The number of rotatable bonds is 4. The molecule has 0 bridgehead atoms. The number of nitrogens with zero attached hydrogens (tertiary/aromatic N) is 1. The Morgan fingerprint density at radius 1 is 1.27 bits per heavy atom. The Hall–Kier alpha value is -1.52. The van der Waals surface area contributed by atoms with Crippen molar-refractivity contribution in [3.63, 3.8) is 0 Å². The van der Waals surface area contributed by atoms with E-state index in [2.05, 4.69) is 21.2 Å². The van der Waals surface area contributed by atoms with E-state index in [-0.39, 0.29) is 33.0 Å². The first-order valence-electron chi connectivity index (χ1n) is 7.42. The molecule has 1 saturated heterocycles. The second-order valence-electron chi connectivity index (χ2n) is 5.70. The van der Waals surface area contributed by atoms with Crippen molar-refractivity contribution >= 4 is 49.1 Å². The molecule has 2 aromatic carbocycles. The van der Waals surface area contributed by atoms with Gasteiger partial charge < -0.3 is 10.4 Å². The Morgan fingerprint density at radius 3 is 2.58 bits per heavy atom. The van der Waals surface area contributed by atoms with Crippen LogP contribution in [0.3, 0.4) is 0 Å². The molecule has 0 radical (unpaired) electrons. The Balaban J connectivity index is 1.87. The maximum Gasteiger partial charge on any atom is 0.257 e. The van der Waals surface area contributed by atoms with Crippen LogP contribution < -0.4 is 5.32 Å². The zero-order chi connectivity index (χ0) is 19.1. The van der Waals surface area contributed by atoms with Crippen molar-refractivity contribution in [2.75, 3.05) is 18.4 Å². The number of β-amino-alcohol motifs (C(OH)–C–C–N with tert-alkyl or cyclic N) is 1. The Bertz CT molecular complexity index is 980. The molecule has 2 N–H and O–H groups in total. The average Bonchev–Trinajstić information content (AvgIpc) is 2.55. The van der Waals surface area contributed by atoms with Crippen LogP contribution in [0.4, 0.5) is 10.1 Å². The summed E-state index contributed by atoms with van der Waals surface area (Å²) in [5.41, 5.74) is 0.285. The number of benzene rings is 2. The van der Waals surface area contributed by atoms with E-state index in [1.54, 1.807) is 0 Å². The summed E-state index contributed by atoms with van der Waals surface area (Å²) in [7, 11) is -3.82. The van der Waals surface area contributed by atoms with Gasteiger partial charge in [-0.2, -0.15) is 4.31 Å². The second-order valence-corrected chi connectivity index (χ2v) is 8.90. The molecule has 0 spiro atoms. The van der Waals surface area contributed by atoms with Crippen LogP contribution in [0, 0.1) is 5.82 Å². The van der Waals surface area contributed by atoms with E-state index in [9.17, 15) is 22.7 Å². The third-order valence-electron chi connectivity index (χ3n) is 3.83. The highest BCUT2D eigenvalue weighted by Crippen LogP contribution is 2.27. The molecule has 0 unspecified atom stereocenters. The molecular formula is C16H13BrClFN2O4S. The molecular weight excluding hydrogens is 451 g/mol. The van der Waals surface area contributed by atoms with Gasteiger partial charge in [0.1, 0.15) is 5.82 Å². The molecule has 1 amide bonds. The number of anilines is 1. The van der Waals surface area contributed by atoms with Gasteiger partial charge >= 0.3 is 0 Å². The van der Waals surface area contributed by atoms with E-state index < -0.39 is 27.9 Å². The van der Waals surface area contributed by atoms with E-state index >= 15 is 0 Å². The zero-order valence-electron chi connectivity index (χ0n) is 13.1. The SMILES string of the molecule is O=C(Nc1ccc(F)c(Br)c1)c1cc(S(=O)(=O)N2CC(O)C2)ccc1Cl.